The van der Waals surface area contributed by atoms with Crippen LogP contribution in [0.4, 0.5) is 0 Å². The molecule has 1 nitrogen and oxygen atoms in total. The summed E-state index contributed by atoms with van der Waals surface area (Å²) in [6.45, 7) is 5.88. The zero-order valence-corrected chi connectivity index (χ0v) is 13.9. The highest BCUT2D eigenvalue weighted by atomic mass is 15.1. The number of hydrogen-bond donors (Lipinski definition) is 0. The Hall–Kier alpha value is -2.64. The topological polar surface area (TPSA) is 3.24 Å². The van der Waals surface area contributed by atoms with Crippen LogP contribution in [-0.4, -0.2) is 4.90 Å². The van der Waals surface area contributed by atoms with E-state index in [4.69, 9.17) is 0 Å². The molecule has 3 aromatic carbocycles. The molecule has 0 unspecified atom stereocenters. The van der Waals surface area contributed by atoms with E-state index in [2.05, 4.69) is 102 Å². The van der Waals surface area contributed by atoms with Crippen LogP contribution >= 0.6 is 0 Å². The summed E-state index contributed by atoms with van der Waals surface area (Å²) in [7, 11) is 0. The minimum atomic E-state index is 0.187. The van der Waals surface area contributed by atoms with E-state index in [1.165, 1.54) is 16.7 Å². The molecule has 0 heterocycles. The fourth-order valence-corrected chi connectivity index (χ4v) is 3.03. The van der Waals surface area contributed by atoms with Crippen molar-refractivity contribution in [2.75, 3.05) is 0 Å². The van der Waals surface area contributed by atoms with Crippen LogP contribution in [-0.2, 0) is 13.1 Å². The summed E-state index contributed by atoms with van der Waals surface area (Å²) in [5, 5.41) is 0. The van der Waals surface area contributed by atoms with Gasteiger partial charge in [-0.25, -0.2) is 0 Å². The average molecular weight is 313 g/mol. The lowest BCUT2D eigenvalue weighted by Gasteiger charge is -2.30. The molecular weight excluding hydrogens is 290 g/mol. The van der Waals surface area contributed by atoms with Crippen molar-refractivity contribution in [2.24, 2.45) is 0 Å². The summed E-state index contributed by atoms with van der Waals surface area (Å²) < 4.78 is 0. The Bertz CT molecular complexity index is 693. The van der Waals surface area contributed by atoms with Crippen LogP contribution in [0.15, 0.2) is 104 Å². The maximum Gasteiger partial charge on any atom is 0.0535 e. The molecule has 0 spiro atoms. The first kappa shape index (κ1) is 16.2. The lowest BCUT2D eigenvalue weighted by atomic mass is 10.0. The zero-order valence-electron chi connectivity index (χ0n) is 13.9. The highest BCUT2D eigenvalue weighted by Crippen LogP contribution is 2.26. The second-order valence-corrected chi connectivity index (χ2v) is 5.97. The Morgan fingerprint density at radius 2 is 1.08 bits per heavy atom. The molecule has 1 atom stereocenters. The van der Waals surface area contributed by atoms with Gasteiger partial charge in [0.2, 0.25) is 0 Å². The van der Waals surface area contributed by atoms with Crippen LogP contribution in [0, 0.1) is 0 Å². The van der Waals surface area contributed by atoms with Gasteiger partial charge >= 0.3 is 0 Å². The van der Waals surface area contributed by atoms with Crippen molar-refractivity contribution in [3.63, 3.8) is 0 Å². The van der Waals surface area contributed by atoms with Crippen molar-refractivity contribution in [3.05, 3.63) is 120 Å². The second kappa shape index (κ2) is 8.28. The molecule has 24 heavy (non-hydrogen) atoms. The van der Waals surface area contributed by atoms with Crippen LogP contribution in [0.3, 0.4) is 0 Å². The Balaban J connectivity index is 1.89. The second-order valence-electron chi connectivity index (χ2n) is 5.97. The molecule has 0 aromatic heterocycles. The smallest absolute Gasteiger partial charge is 0.0535 e. The summed E-state index contributed by atoms with van der Waals surface area (Å²) in [4.78, 5) is 2.47. The van der Waals surface area contributed by atoms with E-state index in [-0.39, 0.29) is 6.04 Å². The van der Waals surface area contributed by atoms with Gasteiger partial charge in [-0.2, -0.15) is 0 Å². The highest BCUT2D eigenvalue weighted by Gasteiger charge is 2.18. The summed E-state index contributed by atoms with van der Waals surface area (Å²) in [6.07, 6.45) is 2.04. The molecule has 0 saturated heterocycles. The first-order valence-electron chi connectivity index (χ1n) is 8.36. The Morgan fingerprint density at radius 3 is 1.50 bits per heavy atom. The van der Waals surface area contributed by atoms with Gasteiger partial charge in [0.25, 0.3) is 0 Å². The predicted molar refractivity (Wildman–Crippen MR) is 102 cm³/mol. The van der Waals surface area contributed by atoms with E-state index >= 15 is 0 Å². The number of hydrogen-bond acceptors (Lipinski definition) is 1. The molecule has 0 saturated carbocycles. The maximum atomic E-state index is 4.10. The summed E-state index contributed by atoms with van der Waals surface area (Å²) >= 11 is 0. The van der Waals surface area contributed by atoms with Crippen molar-refractivity contribution >= 4 is 0 Å². The van der Waals surface area contributed by atoms with Crippen LogP contribution in [0.2, 0.25) is 0 Å². The lowest BCUT2D eigenvalue weighted by Crippen LogP contribution is -2.27. The largest absolute Gasteiger partial charge is 0.284 e. The molecule has 1 heteroatoms. The van der Waals surface area contributed by atoms with Crippen molar-refractivity contribution in [2.45, 2.75) is 19.1 Å². The van der Waals surface area contributed by atoms with Gasteiger partial charge in [-0.05, 0) is 16.7 Å². The van der Waals surface area contributed by atoms with Gasteiger partial charge in [-0.3, -0.25) is 4.90 Å². The minimum absolute atomic E-state index is 0.187. The van der Waals surface area contributed by atoms with Gasteiger partial charge in [-0.15, -0.1) is 6.58 Å². The number of benzene rings is 3. The third-order valence-corrected chi connectivity index (χ3v) is 4.21. The molecular formula is C23H23N. The van der Waals surface area contributed by atoms with Crippen molar-refractivity contribution < 1.29 is 0 Å². The van der Waals surface area contributed by atoms with Crippen LogP contribution in [0.25, 0.3) is 0 Å². The van der Waals surface area contributed by atoms with Crippen LogP contribution in [0.5, 0.6) is 0 Å². The van der Waals surface area contributed by atoms with E-state index < -0.39 is 0 Å². The van der Waals surface area contributed by atoms with Crippen molar-refractivity contribution in [1.82, 2.24) is 4.90 Å². The molecule has 3 aromatic rings. The zero-order chi connectivity index (χ0) is 16.6. The maximum absolute atomic E-state index is 4.10. The van der Waals surface area contributed by atoms with Gasteiger partial charge in [0, 0.05) is 13.1 Å². The van der Waals surface area contributed by atoms with Crippen molar-refractivity contribution in [3.8, 4) is 0 Å². The molecule has 0 aliphatic carbocycles. The standard InChI is InChI=1S/C23H23N/c1-2-23(22-16-10-5-11-17-22)24(18-20-12-6-3-7-13-20)19-21-14-8-4-9-15-21/h2-17,23H,1,18-19H2/t23-/m0/s1. The van der Waals surface area contributed by atoms with Gasteiger partial charge in [-0.1, -0.05) is 97.1 Å². The number of nitrogens with zero attached hydrogens (tertiary/aromatic N) is 1. The van der Waals surface area contributed by atoms with Gasteiger partial charge < -0.3 is 0 Å². The molecule has 3 rings (SSSR count). The first-order chi connectivity index (χ1) is 11.9. The van der Waals surface area contributed by atoms with E-state index in [1.807, 2.05) is 6.08 Å². The van der Waals surface area contributed by atoms with E-state index in [1.54, 1.807) is 0 Å². The predicted octanol–water partition coefficient (Wildman–Crippen LogP) is 5.62. The van der Waals surface area contributed by atoms with E-state index in [0.29, 0.717) is 0 Å². The monoisotopic (exact) mass is 313 g/mol. The molecule has 120 valence electrons. The van der Waals surface area contributed by atoms with Gasteiger partial charge in [0.15, 0.2) is 0 Å². The molecule has 0 radical (unpaired) electrons. The third kappa shape index (κ3) is 4.21. The van der Waals surface area contributed by atoms with Gasteiger partial charge in [0.05, 0.1) is 6.04 Å². The fraction of sp³-hybridized carbons (Fsp3) is 0.130. The highest BCUT2D eigenvalue weighted by molar-refractivity contribution is 5.25. The average Bonchev–Trinajstić information content (AvgIpc) is 2.65. The SMILES string of the molecule is C=C[C@@H](c1ccccc1)N(Cc1ccccc1)Cc1ccccc1. The normalized spacial score (nSPS) is 12.0. The Morgan fingerprint density at radius 1 is 0.667 bits per heavy atom. The fourth-order valence-electron chi connectivity index (χ4n) is 3.03. The summed E-state index contributed by atoms with van der Waals surface area (Å²) in [5.41, 5.74) is 3.91. The molecule has 0 aliphatic heterocycles. The molecule has 0 fully saturated rings. The molecule has 0 aliphatic rings. The minimum Gasteiger partial charge on any atom is -0.284 e. The number of rotatable bonds is 7. The van der Waals surface area contributed by atoms with Gasteiger partial charge in [0.1, 0.15) is 0 Å². The molecule has 0 bridgehead atoms. The van der Waals surface area contributed by atoms with E-state index in [9.17, 15) is 0 Å². The Labute approximate surface area is 144 Å². The quantitative estimate of drug-likeness (QED) is 0.512. The van der Waals surface area contributed by atoms with Crippen molar-refractivity contribution in [1.29, 1.82) is 0 Å². The van der Waals surface area contributed by atoms with Crippen LogP contribution < -0.4 is 0 Å². The molecule has 0 N–H and O–H groups in total. The lowest BCUT2D eigenvalue weighted by molar-refractivity contribution is 0.213. The summed E-state index contributed by atoms with van der Waals surface area (Å²) in [5.74, 6) is 0. The first-order valence-corrected chi connectivity index (χ1v) is 8.36. The van der Waals surface area contributed by atoms with Crippen LogP contribution in [0.1, 0.15) is 22.7 Å². The Kier molecular flexibility index (Phi) is 5.60. The van der Waals surface area contributed by atoms with E-state index in [0.717, 1.165) is 13.1 Å². The third-order valence-electron chi connectivity index (χ3n) is 4.21. The molecule has 0 amide bonds. The summed E-state index contributed by atoms with van der Waals surface area (Å²) in [6, 6.07) is 32.0.